The Kier molecular flexibility index (Phi) is 5.57. The van der Waals surface area contributed by atoms with Crippen molar-refractivity contribution in [3.05, 3.63) is 35.9 Å². The molecule has 1 aromatic carbocycles. The fourth-order valence-corrected chi connectivity index (χ4v) is 1.61. The van der Waals surface area contributed by atoms with Crippen molar-refractivity contribution < 1.29 is 9.90 Å². The predicted octanol–water partition coefficient (Wildman–Crippen LogP) is 2.37. The van der Waals surface area contributed by atoms with Crippen LogP contribution in [0.4, 0.5) is 0 Å². The number of hydrogen-bond donors (Lipinski definition) is 2. The first-order valence-corrected chi connectivity index (χ1v) is 5.90. The summed E-state index contributed by atoms with van der Waals surface area (Å²) in [5.41, 5.74) is 1.30. The fourth-order valence-electron chi connectivity index (χ4n) is 1.61. The van der Waals surface area contributed by atoms with E-state index in [1.165, 1.54) is 12.5 Å². The largest absolute Gasteiger partial charge is 0.393 e. The second-order valence-electron chi connectivity index (χ2n) is 4.25. The molecule has 0 spiro atoms. The summed E-state index contributed by atoms with van der Waals surface area (Å²) in [4.78, 5) is 10.8. The second-order valence-corrected chi connectivity index (χ2v) is 4.25. The van der Waals surface area contributed by atoms with Gasteiger partial charge in [-0.25, -0.2) is 0 Å². The van der Waals surface area contributed by atoms with Gasteiger partial charge >= 0.3 is 0 Å². The molecule has 0 aliphatic rings. The Morgan fingerprint density at radius 1 is 1.29 bits per heavy atom. The zero-order valence-corrected chi connectivity index (χ0v) is 10.1. The van der Waals surface area contributed by atoms with Gasteiger partial charge in [-0.1, -0.05) is 30.3 Å². The van der Waals surface area contributed by atoms with Crippen molar-refractivity contribution in [2.24, 2.45) is 0 Å². The van der Waals surface area contributed by atoms with E-state index in [9.17, 15) is 9.90 Å². The van der Waals surface area contributed by atoms with Gasteiger partial charge in [0, 0.05) is 6.92 Å². The Morgan fingerprint density at radius 3 is 2.53 bits per heavy atom. The molecule has 3 nitrogen and oxygen atoms in total. The monoisotopic (exact) mass is 233 g/mol. The van der Waals surface area contributed by atoms with Crippen molar-refractivity contribution >= 4 is 11.5 Å². The third kappa shape index (κ3) is 5.41. The number of benzene rings is 1. The van der Waals surface area contributed by atoms with Crippen LogP contribution in [0.15, 0.2) is 30.3 Å². The van der Waals surface area contributed by atoms with Gasteiger partial charge in [0.15, 0.2) is 5.78 Å². The van der Waals surface area contributed by atoms with E-state index in [1.54, 1.807) is 0 Å². The Hall–Kier alpha value is -1.48. The fraction of sp³-hybridized carbons (Fsp3) is 0.429. The molecule has 1 unspecified atom stereocenters. The minimum Gasteiger partial charge on any atom is -0.393 e. The number of carbonyl (C=O) groups excluding carboxylic acids is 1. The van der Waals surface area contributed by atoms with Crippen LogP contribution in [0.25, 0.3) is 0 Å². The van der Waals surface area contributed by atoms with Crippen LogP contribution in [0.3, 0.4) is 0 Å². The summed E-state index contributed by atoms with van der Waals surface area (Å²) >= 11 is 0. The van der Waals surface area contributed by atoms with Gasteiger partial charge in [-0.3, -0.25) is 4.79 Å². The van der Waals surface area contributed by atoms with Crippen molar-refractivity contribution in [1.29, 1.82) is 5.41 Å². The van der Waals surface area contributed by atoms with Crippen molar-refractivity contribution in [1.82, 2.24) is 0 Å². The lowest BCUT2D eigenvalue weighted by Gasteiger charge is -2.10. The smallest absolute Gasteiger partial charge is 0.173 e. The van der Waals surface area contributed by atoms with E-state index in [2.05, 4.69) is 0 Å². The molecule has 2 N–H and O–H groups in total. The lowest BCUT2D eigenvalue weighted by atomic mass is 10.0. The number of Topliss-reactive ketones (excluding diaryl/α,β-unsaturated/α-hetero) is 1. The minimum atomic E-state index is -0.435. The highest BCUT2D eigenvalue weighted by molar-refractivity contribution is 6.37. The summed E-state index contributed by atoms with van der Waals surface area (Å²) in [6.45, 7) is 1.39. The van der Waals surface area contributed by atoms with E-state index in [-0.39, 0.29) is 11.5 Å². The number of carbonyl (C=O) groups is 1. The number of rotatable bonds is 7. The van der Waals surface area contributed by atoms with Crippen LogP contribution in [0.5, 0.6) is 0 Å². The third-order valence-electron chi connectivity index (χ3n) is 2.76. The maximum atomic E-state index is 10.8. The van der Waals surface area contributed by atoms with Gasteiger partial charge in [0.05, 0.1) is 11.8 Å². The number of nitrogens with one attached hydrogen (secondary N) is 1. The topological polar surface area (TPSA) is 61.2 Å². The molecule has 92 valence electrons. The van der Waals surface area contributed by atoms with E-state index in [4.69, 9.17) is 5.41 Å². The molecule has 0 fully saturated rings. The summed E-state index contributed by atoms with van der Waals surface area (Å²) in [6, 6.07) is 9.99. The molecular formula is C14H19NO2. The van der Waals surface area contributed by atoms with Crippen LogP contribution in [0, 0.1) is 5.41 Å². The molecule has 0 aliphatic heterocycles. The Morgan fingerprint density at radius 2 is 1.94 bits per heavy atom. The molecule has 17 heavy (non-hydrogen) atoms. The zero-order valence-electron chi connectivity index (χ0n) is 10.1. The van der Waals surface area contributed by atoms with Crippen LogP contribution >= 0.6 is 0 Å². The number of ketones is 1. The summed E-state index contributed by atoms with van der Waals surface area (Å²) in [5, 5.41) is 17.1. The first kappa shape index (κ1) is 13.6. The van der Waals surface area contributed by atoms with Crippen molar-refractivity contribution in [2.75, 3.05) is 0 Å². The molecule has 0 saturated carbocycles. The predicted molar refractivity (Wildman–Crippen MR) is 68.4 cm³/mol. The molecule has 1 aromatic rings. The second kappa shape index (κ2) is 6.97. The quantitative estimate of drug-likeness (QED) is 0.710. The molecule has 0 amide bonds. The number of aliphatic hydroxyl groups is 1. The molecule has 0 aliphatic carbocycles. The number of aryl methyl sites for hydroxylation is 1. The average molecular weight is 233 g/mol. The highest BCUT2D eigenvalue weighted by Crippen LogP contribution is 2.09. The normalized spacial score (nSPS) is 12.1. The van der Waals surface area contributed by atoms with Crippen LogP contribution in [-0.2, 0) is 11.2 Å². The van der Waals surface area contributed by atoms with Crippen molar-refractivity contribution in [2.45, 2.75) is 38.7 Å². The van der Waals surface area contributed by atoms with Gasteiger partial charge in [-0.05, 0) is 31.2 Å². The van der Waals surface area contributed by atoms with Crippen molar-refractivity contribution in [3.8, 4) is 0 Å². The standard InChI is InChI=1S/C14H19NO2/c1-11(16)14(15)10-9-13(17)8-7-12-5-3-2-4-6-12/h2-6,13,15,17H,7-10H2,1H3. The van der Waals surface area contributed by atoms with Gasteiger partial charge in [0.25, 0.3) is 0 Å². The van der Waals surface area contributed by atoms with Gasteiger partial charge in [-0.2, -0.15) is 0 Å². The van der Waals surface area contributed by atoms with E-state index >= 15 is 0 Å². The maximum absolute atomic E-state index is 10.8. The van der Waals surface area contributed by atoms with Crippen LogP contribution < -0.4 is 0 Å². The molecule has 1 rings (SSSR count). The molecule has 0 saturated heterocycles. The van der Waals surface area contributed by atoms with Crippen LogP contribution in [-0.4, -0.2) is 22.7 Å². The molecule has 0 heterocycles. The molecule has 0 bridgehead atoms. The highest BCUT2D eigenvalue weighted by atomic mass is 16.3. The summed E-state index contributed by atoms with van der Waals surface area (Å²) in [6.07, 6.45) is 1.93. The SMILES string of the molecule is CC(=O)C(=N)CCC(O)CCc1ccccc1. The zero-order chi connectivity index (χ0) is 12.7. The van der Waals surface area contributed by atoms with E-state index in [1.807, 2.05) is 30.3 Å². The van der Waals surface area contributed by atoms with Crippen molar-refractivity contribution in [3.63, 3.8) is 0 Å². The minimum absolute atomic E-state index is 0.101. The highest BCUT2D eigenvalue weighted by Gasteiger charge is 2.08. The summed E-state index contributed by atoms with van der Waals surface area (Å²) in [7, 11) is 0. The first-order valence-electron chi connectivity index (χ1n) is 5.90. The van der Waals surface area contributed by atoms with Gasteiger partial charge < -0.3 is 10.5 Å². The lowest BCUT2D eigenvalue weighted by molar-refractivity contribution is -0.111. The van der Waals surface area contributed by atoms with E-state index in [0.29, 0.717) is 19.3 Å². The van der Waals surface area contributed by atoms with E-state index < -0.39 is 6.10 Å². The molecule has 1 atom stereocenters. The molecule has 3 heteroatoms. The Balaban J connectivity index is 2.24. The summed E-state index contributed by atoms with van der Waals surface area (Å²) in [5.74, 6) is -0.208. The van der Waals surface area contributed by atoms with Crippen LogP contribution in [0.1, 0.15) is 31.7 Å². The van der Waals surface area contributed by atoms with Gasteiger partial charge in [0.1, 0.15) is 0 Å². The van der Waals surface area contributed by atoms with Gasteiger partial charge in [-0.15, -0.1) is 0 Å². The Labute approximate surface area is 102 Å². The molecule has 0 radical (unpaired) electrons. The third-order valence-corrected chi connectivity index (χ3v) is 2.76. The molecular weight excluding hydrogens is 214 g/mol. The average Bonchev–Trinajstić information content (AvgIpc) is 2.34. The Bertz CT molecular complexity index is 373. The van der Waals surface area contributed by atoms with Gasteiger partial charge in [0.2, 0.25) is 0 Å². The first-order chi connectivity index (χ1) is 8.09. The summed E-state index contributed by atoms with van der Waals surface area (Å²) < 4.78 is 0. The lowest BCUT2D eigenvalue weighted by Crippen LogP contribution is -2.14. The van der Waals surface area contributed by atoms with E-state index in [0.717, 1.165) is 6.42 Å². The molecule has 0 aromatic heterocycles. The number of hydrogen-bond acceptors (Lipinski definition) is 3. The maximum Gasteiger partial charge on any atom is 0.173 e. The number of aliphatic hydroxyl groups excluding tert-OH is 1. The van der Waals surface area contributed by atoms with Crippen LogP contribution in [0.2, 0.25) is 0 Å².